The van der Waals surface area contributed by atoms with Gasteiger partial charge >= 0.3 is 0 Å². The fraction of sp³-hybridized carbons (Fsp3) is 0.150. The Bertz CT molecular complexity index is 940. The molecule has 2 aromatic carbocycles. The van der Waals surface area contributed by atoms with Crippen LogP contribution in [0, 0.1) is 5.82 Å². The largest absolute Gasteiger partial charge is 0.507 e. The van der Waals surface area contributed by atoms with Gasteiger partial charge in [0.1, 0.15) is 18.1 Å². The van der Waals surface area contributed by atoms with E-state index in [2.05, 4.69) is 17.1 Å². The molecular weight excluding hydrogens is 349 g/mol. The third-order valence-corrected chi connectivity index (χ3v) is 4.18. The summed E-state index contributed by atoms with van der Waals surface area (Å²) in [5, 5.41) is 14.0. The molecule has 0 unspecified atom stereocenters. The van der Waals surface area contributed by atoms with E-state index in [1.54, 1.807) is 24.3 Å². The van der Waals surface area contributed by atoms with Crippen molar-refractivity contribution in [2.45, 2.75) is 12.8 Å². The van der Waals surface area contributed by atoms with Crippen LogP contribution in [0.2, 0.25) is 0 Å². The third-order valence-electron chi connectivity index (χ3n) is 4.18. The lowest BCUT2D eigenvalue weighted by molar-refractivity contribution is -0.123. The number of nitrogens with one attached hydrogen (secondary N) is 1. The van der Waals surface area contributed by atoms with Crippen LogP contribution < -0.4 is 10.3 Å². The summed E-state index contributed by atoms with van der Waals surface area (Å²) in [7, 11) is 0. The van der Waals surface area contributed by atoms with Crippen molar-refractivity contribution in [3.63, 3.8) is 0 Å². The highest BCUT2D eigenvalue weighted by Crippen LogP contribution is 2.29. The fourth-order valence-electron chi connectivity index (χ4n) is 2.91. The normalized spacial score (nSPS) is 13.1. The van der Waals surface area contributed by atoms with Crippen LogP contribution in [0.3, 0.4) is 0 Å². The molecule has 1 aliphatic rings. The van der Waals surface area contributed by atoms with Gasteiger partial charge in [0.25, 0.3) is 5.91 Å². The number of halogens is 1. The number of para-hydroxylation sites is 1. The zero-order chi connectivity index (χ0) is 19.4. The van der Waals surface area contributed by atoms with Gasteiger partial charge < -0.3 is 10.0 Å². The average molecular weight is 367 g/mol. The van der Waals surface area contributed by atoms with E-state index in [1.807, 2.05) is 0 Å². The average Bonchev–Trinajstić information content (AvgIpc) is 2.93. The number of rotatable bonds is 6. The minimum Gasteiger partial charge on any atom is -0.507 e. The van der Waals surface area contributed by atoms with Crippen LogP contribution in [0.25, 0.3) is 0 Å². The van der Waals surface area contributed by atoms with Crippen molar-refractivity contribution in [3.05, 3.63) is 71.6 Å². The highest BCUT2D eigenvalue weighted by atomic mass is 19.1. The highest BCUT2D eigenvalue weighted by molar-refractivity contribution is 6.05. The quantitative estimate of drug-likeness (QED) is 0.467. The zero-order valence-electron chi connectivity index (χ0n) is 14.5. The Balaban J connectivity index is 1.64. The first-order valence-corrected chi connectivity index (χ1v) is 8.32. The van der Waals surface area contributed by atoms with Crippen LogP contribution in [0.4, 0.5) is 10.1 Å². The number of benzene rings is 2. The van der Waals surface area contributed by atoms with E-state index in [-0.39, 0.29) is 24.6 Å². The molecule has 0 spiro atoms. The molecule has 6 nitrogen and oxygen atoms in total. The Morgan fingerprint density at radius 3 is 2.96 bits per heavy atom. The van der Waals surface area contributed by atoms with Gasteiger partial charge in [-0.15, -0.1) is 6.58 Å². The summed E-state index contributed by atoms with van der Waals surface area (Å²) < 4.78 is 13.3. The molecule has 27 heavy (non-hydrogen) atoms. The summed E-state index contributed by atoms with van der Waals surface area (Å²) in [4.78, 5) is 25.5. The van der Waals surface area contributed by atoms with Gasteiger partial charge in [0.05, 0.1) is 12.6 Å². The number of amides is 2. The number of hydrazone groups is 1. The Hall–Kier alpha value is -3.48. The lowest BCUT2D eigenvalue weighted by Gasteiger charge is -2.15. The first kappa shape index (κ1) is 18.3. The lowest BCUT2D eigenvalue weighted by atomic mass is 10.1. The fourth-order valence-corrected chi connectivity index (χ4v) is 2.91. The maximum Gasteiger partial charge on any atom is 0.260 e. The molecule has 2 amide bonds. The summed E-state index contributed by atoms with van der Waals surface area (Å²) in [6.45, 7) is 3.41. The summed E-state index contributed by atoms with van der Waals surface area (Å²) in [5.74, 6) is -1.12. The second-order valence-electron chi connectivity index (χ2n) is 6.07. The smallest absolute Gasteiger partial charge is 0.260 e. The molecule has 1 aliphatic heterocycles. The number of fused-ring (bicyclic) bond motifs is 1. The molecule has 0 atom stereocenters. The number of anilines is 1. The first-order chi connectivity index (χ1) is 13.0. The molecule has 0 saturated carbocycles. The van der Waals surface area contributed by atoms with E-state index in [1.165, 1.54) is 29.3 Å². The molecule has 2 aromatic rings. The van der Waals surface area contributed by atoms with Gasteiger partial charge in [0, 0.05) is 11.3 Å². The number of carbonyl (C=O) groups excluding carboxylic acids is 2. The van der Waals surface area contributed by atoms with E-state index < -0.39 is 11.7 Å². The minimum atomic E-state index is -0.501. The van der Waals surface area contributed by atoms with Crippen LogP contribution in [0.15, 0.2) is 54.2 Å². The molecule has 1 heterocycles. The number of hydrogen-bond donors (Lipinski definition) is 2. The lowest BCUT2D eigenvalue weighted by Crippen LogP contribution is -2.37. The molecule has 0 aliphatic carbocycles. The van der Waals surface area contributed by atoms with Crippen molar-refractivity contribution in [2.24, 2.45) is 5.10 Å². The number of phenolic OH excluding ortho intramolecular Hbond substituents is 1. The second-order valence-corrected chi connectivity index (χ2v) is 6.07. The Kier molecular flexibility index (Phi) is 5.30. The topological polar surface area (TPSA) is 82.0 Å². The van der Waals surface area contributed by atoms with Crippen molar-refractivity contribution in [1.29, 1.82) is 0 Å². The number of hydrogen-bond acceptors (Lipinski definition) is 4. The van der Waals surface area contributed by atoms with Gasteiger partial charge in [0.15, 0.2) is 0 Å². The standard InChI is InChI=1S/C20H18FN3O3/c1-2-4-13-5-3-6-14(20(13)27)11-22-23-18(25)12-24-17-8-7-16(21)9-15(17)10-19(24)26/h2-3,5-9,11,27H,1,4,10,12H2,(H,23,25)/b22-11+. The predicted octanol–water partition coefficient (Wildman–Crippen LogP) is 2.30. The molecule has 0 radical (unpaired) electrons. The van der Waals surface area contributed by atoms with Gasteiger partial charge in [0.2, 0.25) is 5.91 Å². The molecule has 2 N–H and O–H groups in total. The Morgan fingerprint density at radius 1 is 1.37 bits per heavy atom. The Labute approximate surface area is 155 Å². The SMILES string of the molecule is C=CCc1cccc(/C=N/NC(=O)CN2C(=O)Cc3cc(F)ccc32)c1O. The summed E-state index contributed by atoms with van der Waals surface area (Å²) >= 11 is 0. The van der Waals surface area contributed by atoms with Crippen LogP contribution in [0.5, 0.6) is 5.75 Å². The molecule has 0 fully saturated rings. The third kappa shape index (κ3) is 4.03. The number of nitrogens with zero attached hydrogens (tertiary/aromatic N) is 2. The van der Waals surface area contributed by atoms with E-state index >= 15 is 0 Å². The van der Waals surface area contributed by atoms with E-state index in [0.717, 1.165) is 0 Å². The summed E-state index contributed by atoms with van der Waals surface area (Å²) in [6.07, 6.45) is 3.58. The van der Waals surface area contributed by atoms with Crippen LogP contribution >= 0.6 is 0 Å². The number of carbonyl (C=O) groups is 2. The van der Waals surface area contributed by atoms with Gasteiger partial charge in [-0.2, -0.15) is 5.10 Å². The maximum atomic E-state index is 13.3. The summed E-state index contributed by atoms with van der Waals surface area (Å²) in [6, 6.07) is 9.22. The van der Waals surface area contributed by atoms with Crippen molar-refractivity contribution in [2.75, 3.05) is 11.4 Å². The Morgan fingerprint density at radius 2 is 2.19 bits per heavy atom. The van der Waals surface area contributed by atoms with Gasteiger partial charge in [-0.05, 0) is 41.8 Å². The summed E-state index contributed by atoms with van der Waals surface area (Å²) in [5.41, 5.74) is 4.56. The number of allylic oxidation sites excluding steroid dienone is 1. The van der Waals surface area contributed by atoms with Gasteiger partial charge in [-0.1, -0.05) is 18.2 Å². The van der Waals surface area contributed by atoms with Crippen molar-refractivity contribution in [1.82, 2.24) is 5.43 Å². The van der Waals surface area contributed by atoms with Crippen molar-refractivity contribution in [3.8, 4) is 5.75 Å². The van der Waals surface area contributed by atoms with Gasteiger partial charge in [-0.3, -0.25) is 9.59 Å². The molecule has 0 aromatic heterocycles. The number of aromatic hydroxyl groups is 1. The van der Waals surface area contributed by atoms with E-state index in [4.69, 9.17) is 0 Å². The van der Waals surface area contributed by atoms with E-state index in [0.29, 0.717) is 28.8 Å². The minimum absolute atomic E-state index is 0.0631. The van der Waals surface area contributed by atoms with Crippen LogP contribution in [0.1, 0.15) is 16.7 Å². The van der Waals surface area contributed by atoms with Crippen LogP contribution in [-0.2, 0) is 22.4 Å². The predicted molar refractivity (Wildman–Crippen MR) is 100 cm³/mol. The number of phenols is 1. The van der Waals surface area contributed by atoms with Crippen molar-refractivity contribution >= 4 is 23.7 Å². The molecule has 138 valence electrons. The zero-order valence-corrected chi connectivity index (χ0v) is 14.5. The molecular formula is C20H18FN3O3. The van der Waals surface area contributed by atoms with Crippen molar-refractivity contribution < 1.29 is 19.1 Å². The second kappa shape index (κ2) is 7.82. The van der Waals surface area contributed by atoms with Crippen LogP contribution in [-0.4, -0.2) is 29.7 Å². The molecule has 7 heteroatoms. The highest BCUT2D eigenvalue weighted by Gasteiger charge is 2.29. The maximum absolute atomic E-state index is 13.3. The first-order valence-electron chi connectivity index (χ1n) is 8.32. The monoisotopic (exact) mass is 367 g/mol. The molecule has 0 saturated heterocycles. The van der Waals surface area contributed by atoms with E-state index in [9.17, 15) is 19.1 Å². The molecule has 3 rings (SSSR count). The molecule has 0 bridgehead atoms. The van der Waals surface area contributed by atoms with Gasteiger partial charge in [-0.25, -0.2) is 9.82 Å².